The number of ether oxygens (including phenoxy) is 2. The van der Waals surface area contributed by atoms with Crippen LogP contribution in [0.4, 0.5) is 0 Å². The molecule has 0 radical (unpaired) electrons. The monoisotopic (exact) mass is 341 g/mol. The Morgan fingerprint density at radius 1 is 1.36 bits per heavy atom. The molecule has 1 aromatic carbocycles. The number of amides is 1. The number of para-hydroxylation sites is 1. The van der Waals surface area contributed by atoms with Crippen molar-refractivity contribution >= 4 is 5.91 Å². The van der Waals surface area contributed by atoms with Gasteiger partial charge in [0, 0.05) is 25.5 Å². The molecule has 1 aromatic heterocycles. The van der Waals surface area contributed by atoms with Gasteiger partial charge in [-0.1, -0.05) is 12.1 Å². The highest BCUT2D eigenvalue weighted by atomic mass is 16.5. The molecule has 1 amide bonds. The first-order valence-electron chi connectivity index (χ1n) is 8.83. The van der Waals surface area contributed by atoms with Crippen molar-refractivity contribution in [2.75, 3.05) is 26.8 Å². The number of rotatable bonds is 3. The van der Waals surface area contributed by atoms with Gasteiger partial charge in [0.15, 0.2) is 11.5 Å². The Labute approximate surface area is 147 Å². The van der Waals surface area contributed by atoms with Gasteiger partial charge < -0.3 is 14.4 Å². The molecule has 3 heterocycles. The summed E-state index contributed by atoms with van der Waals surface area (Å²) in [5, 5.41) is 4.34. The number of benzene rings is 1. The van der Waals surface area contributed by atoms with Gasteiger partial charge in [-0.15, -0.1) is 0 Å². The van der Waals surface area contributed by atoms with Crippen molar-refractivity contribution < 1.29 is 14.3 Å². The van der Waals surface area contributed by atoms with Crippen molar-refractivity contribution in [3.05, 3.63) is 42.2 Å². The van der Waals surface area contributed by atoms with Crippen LogP contribution in [0, 0.1) is 5.92 Å². The summed E-state index contributed by atoms with van der Waals surface area (Å²) in [6.07, 6.45) is 6.54. The summed E-state index contributed by atoms with van der Waals surface area (Å²) < 4.78 is 13.2. The summed E-state index contributed by atoms with van der Waals surface area (Å²) in [4.78, 5) is 15.0. The normalized spacial score (nSPS) is 22.8. The second-order valence-electron chi connectivity index (χ2n) is 6.73. The van der Waals surface area contributed by atoms with Gasteiger partial charge >= 0.3 is 0 Å². The van der Waals surface area contributed by atoms with E-state index in [9.17, 15) is 4.79 Å². The zero-order chi connectivity index (χ0) is 17.2. The summed E-state index contributed by atoms with van der Waals surface area (Å²) >= 11 is 0. The summed E-state index contributed by atoms with van der Waals surface area (Å²) in [6, 6.07) is 8.05. The minimum atomic E-state index is -0.129. The Bertz CT molecular complexity index is 744. The highest BCUT2D eigenvalue weighted by Gasteiger charge is 2.33. The van der Waals surface area contributed by atoms with Crippen LogP contribution in [0.25, 0.3) is 0 Å². The van der Waals surface area contributed by atoms with Gasteiger partial charge in [0.05, 0.1) is 19.1 Å². The van der Waals surface area contributed by atoms with Gasteiger partial charge in [-0.2, -0.15) is 5.10 Å². The molecule has 2 aromatic rings. The van der Waals surface area contributed by atoms with Gasteiger partial charge in [0.2, 0.25) is 5.91 Å². The largest absolute Gasteiger partial charge is 0.493 e. The number of hydrogen-bond donors (Lipinski definition) is 0. The maximum absolute atomic E-state index is 13.0. The second-order valence-corrected chi connectivity index (χ2v) is 6.73. The minimum Gasteiger partial charge on any atom is -0.493 e. The second kappa shape index (κ2) is 6.78. The molecule has 0 aliphatic carbocycles. The molecular formula is C19H23N3O3. The molecule has 0 spiro atoms. The van der Waals surface area contributed by atoms with E-state index in [0.29, 0.717) is 13.0 Å². The van der Waals surface area contributed by atoms with Crippen molar-refractivity contribution in [2.45, 2.75) is 25.3 Å². The fourth-order valence-corrected chi connectivity index (χ4v) is 3.84. The lowest BCUT2D eigenvalue weighted by Gasteiger charge is -2.36. The zero-order valence-corrected chi connectivity index (χ0v) is 14.4. The number of carbonyl (C=O) groups is 1. The Kier molecular flexibility index (Phi) is 4.34. The molecule has 1 saturated heterocycles. The SMILES string of the molecule is COc1cccc2c1OCC(C(=O)N1CCCC(n3cccn3)C1)C2. The van der Waals surface area contributed by atoms with E-state index in [2.05, 4.69) is 5.10 Å². The Hall–Kier alpha value is -2.50. The topological polar surface area (TPSA) is 56.6 Å². The van der Waals surface area contributed by atoms with E-state index in [0.717, 1.165) is 43.0 Å². The van der Waals surface area contributed by atoms with Crippen LogP contribution >= 0.6 is 0 Å². The highest BCUT2D eigenvalue weighted by Crippen LogP contribution is 2.36. The zero-order valence-electron chi connectivity index (χ0n) is 14.4. The van der Waals surface area contributed by atoms with Crippen molar-refractivity contribution in [1.29, 1.82) is 0 Å². The van der Waals surface area contributed by atoms with Gasteiger partial charge in [-0.25, -0.2) is 0 Å². The van der Waals surface area contributed by atoms with Gasteiger partial charge in [0.1, 0.15) is 6.61 Å². The third kappa shape index (κ3) is 3.08. The van der Waals surface area contributed by atoms with Crippen LogP contribution in [0.1, 0.15) is 24.4 Å². The van der Waals surface area contributed by atoms with Gasteiger partial charge in [-0.3, -0.25) is 9.48 Å². The van der Waals surface area contributed by atoms with Crippen LogP contribution in [0.2, 0.25) is 0 Å². The third-order valence-corrected chi connectivity index (χ3v) is 5.13. The van der Waals surface area contributed by atoms with Crippen molar-refractivity contribution in [3.63, 3.8) is 0 Å². The van der Waals surface area contributed by atoms with E-state index in [1.54, 1.807) is 13.3 Å². The van der Waals surface area contributed by atoms with E-state index in [1.807, 2.05) is 40.0 Å². The number of methoxy groups -OCH3 is 1. The van der Waals surface area contributed by atoms with Crippen molar-refractivity contribution in [1.82, 2.24) is 14.7 Å². The highest BCUT2D eigenvalue weighted by molar-refractivity contribution is 5.80. The van der Waals surface area contributed by atoms with Crippen LogP contribution in [0.5, 0.6) is 11.5 Å². The molecule has 0 bridgehead atoms. The van der Waals surface area contributed by atoms with Gasteiger partial charge in [-0.05, 0) is 37.0 Å². The molecule has 0 N–H and O–H groups in total. The quantitative estimate of drug-likeness (QED) is 0.860. The Morgan fingerprint density at radius 3 is 3.08 bits per heavy atom. The van der Waals surface area contributed by atoms with Crippen molar-refractivity contribution in [3.8, 4) is 11.5 Å². The van der Waals surface area contributed by atoms with E-state index < -0.39 is 0 Å². The summed E-state index contributed by atoms with van der Waals surface area (Å²) in [6.45, 7) is 1.95. The average Bonchev–Trinajstić information content (AvgIpc) is 3.21. The van der Waals surface area contributed by atoms with Crippen LogP contribution in [-0.2, 0) is 11.2 Å². The standard InChI is InChI=1S/C19H23N3O3/c1-24-17-7-2-5-14-11-15(13-25-18(14)17)19(23)21-9-3-6-16(12-21)22-10-4-8-20-22/h2,4-5,7-8,10,15-16H,3,6,9,11-13H2,1H3. The lowest BCUT2D eigenvalue weighted by molar-refractivity contribution is -0.138. The maximum Gasteiger partial charge on any atom is 0.229 e. The molecule has 6 nitrogen and oxygen atoms in total. The summed E-state index contributed by atoms with van der Waals surface area (Å²) in [5.74, 6) is 1.57. The molecule has 2 atom stereocenters. The third-order valence-electron chi connectivity index (χ3n) is 5.13. The molecule has 1 fully saturated rings. The first-order chi connectivity index (χ1) is 12.3. The number of hydrogen-bond acceptors (Lipinski definition) is 4. The van der Waals surface area contributed by atoms with Crippen LogP contribution < -0.4 is 9.47 Å². The van der Waals surface area contributed by atoms with E-state index in [-0.39, 0.29) is 17.9 Å². The van der Waals surface area contributed by atoms with E-state index in [1.165, 1.54) is 0 Å². The molecule has 0 saturated carbocycles. The molecule has 132 valence electrons. The number of likely N-dealkylation sites (tertiary alicyclic amines) is 1. The lowest BCUT2D eigenvalue weighted by atomic mass is 9.94. The van der Waals surface area contributed by atoms with E-state index in [4.69, 9.17) is 9.47 Å². The average molecular weight is 341 g/mol. The molecule has 2 aliphatic heterocycles. The van der Waals surface area contributed by atoms with Gasteiger partial charge in [0.25, 0.3) is 0 Å². The van der Waals surface area contributed by atoms with Crippen molar-refractivity contribution in [2.24, 2.45) is 5.92 Å². The fourth-order valence-electron chi connectivity index (χ4n) is 3.84. The smallest absolute Gasteiger partial charge is 0.229 e. The first kappa shape index (κ1) is 16.0. The Morgan fingerprint density at radius 2 is 2.28 bits per heavy atom. The molecular weight excluding hydrogens is 318 g/mol. The minimum absolute atomic E-state index is 0.129. The van der Waals surface area contributed by atoms with Crippen LogP contribution in [0.3, 0.4) is 0 Å². The van der Waals surface area contributed by atoms with Crippen LogP contribution in [0.15, 0.2) is 36.7 Å². The number of carbonyl (C=O) groups excluding carboxylic acids is 1. The molecule has 4 rings (SSSR count). The van der Waals surface area contributed by atoms with E-state index >= 15 is 0 Å². The molecule has 2 unspecified atom stereocenters. The molecule has 6 heteroatoms. The summed E-state index contributed by atoms with van der Waals surface area (Å²) in [5.41, 5.74) is 1.05. The predicted octanol–water partition coefficient (Wildman–Crippen LogP) is 2.31. The Balaban J connectivity index is 1.46. The molecule has 2 aliphatic rings. The number of piperidine rings is 1. The number of fused-ring (bicyclic) bond motifs is 1. The summed E-state index contributed by atoms with van der Waals surface area (Å²) in [7, 11) is 1.64. The maximum atomic E-state index is 13.0. The number of nitrogens with zero attached hydrogens (tertiary/aromatic N) is 3. The predicted molar refractivity (Wildman–Crippen MR) is 92.8 cm³/mol. The lowest BCUT2D eigenvalue weighted by Crippen LogP contribution is -2.46. The molecule has 25 heavy (non-hydrogen) atoms. The first-order valence-corrected chi connectivity index (χ1v) is 8.83. The van der Waals surface area contributed by atoms with Crippen LogP contribution in [-0.4, -0.2) is 47.4 Å². The fraction of sp³-hybridized carbons (Fsp3) is 0.474. The number of aromatic nitrogens is 2.